The van der Waals surface area contributed by atoms with Crippen LogP contribution in [0.25, 0.3) is 0 Å². The Morgan fingerprint density at radius 2 is 1.81 bits per heavy atom. The molecule has 5 aliphatic carbocycles. The Morgan fingerprint density at radius 1 is 1.06 bits per heavy atom. The molecule has 1 aromatic heterocycles. The van der Waals surface area contributed by atoms with Crippen molar-refractivity contribution in [2.75, 3.05) is 13.1 Å². The summed E-state index contributed by atoms with van der Waals surface area (Å²) < 4.78 is 0. The van der Waals surface area contributed by atoms with Crippen LogP contribution in [-0.4, -0.2) is 28.9 Å². The first-order valence-corrected chi connectivity index (χ1v) is 13.3. The largest absolute Gasteiger partial charge is 0.343 e. The summed E-state index contributed by atoms with van der Waals surface area (Å²) in [7, 11) is 0. The summed E-state index contributed by atoms with van der Waals surface area (Å²) in [4.78, 5) is 19.8. The Balaban J connectivity index is 1.13. The van der Waals surface area contributed by atoms with E-state index < -0.39 is 0 Å². The van der Waals surface area contributed by atoms with E-state index in [2.05, 4.69) is 22.9 Å². The van der Waals surface area contributed by atoms with E-state index in [-0.39, 0.29) is 0 Å². The Morgan fingerprint density at radius 3 is 2.45 bits per heavy atom. The average molecular weight is 423 g/mol. The van der Waals surface area contributed by atoms with E-state index in [9.17, 15) is 4.79 Å². The molecule has 5 fully saturated rings. The maximum absolute atomic E-state index is 13.2. The van der Waals surface area contributed by atoms with Gasteiger partial charge >= 0.3 is 0 Å². The second-order valence-corrected chi connectivity index (χ2v) is 11.7. The zero-order chi connectivity index (χ0) is 21.3. The quantitative estimate of drug-likeness (QED) is 0.377. The van der Waals surface area contributed by atoms with E-state index >= 15 is 0 Å². The third-order valence-electron chi connectivity index (χ3n) is 9.23. The maximum Gasteiger partial charge on any atom is 0.222 e. The lowest BCUT2D eigenvalue weighted by molar-refractivity contribution is -0.132. The summed E-state index contributed by atoms with van der Waals surface area (Å²) in [6.07, 6.45) is 20.7. The second kappa shape index (κ2) is 9.24. The number of pyridine rings is 1. The average Bonchev–Trinajstić information content (AvgIpc) is 3.54. The molecule has 0 spiro atoms. The van der Waals surface area contributed by atoms with Gasteiger partial charge in [-0.05, 0) is 111 Å². The third-order valence-corrected chi connectivity index (χ3v) is 9.23. The van der Waals surface area contributed by atoms with E-state index in [1.54, 1.807) is 0 Å². The molecule has 31 heavy (non-hydrogen) atoms. The van der Waals surface area contributed by atoms with Gasteiger partial charge in [-0.15, -0.1) is 0 Å². The van der Waals surface area contributed by atoms with E-state index in [1.807, 2.05) is 18.5 Å². The summed E-state index contributed by atoms with van der Waals surface area (Å²) in [6.45, 7) is 4.26. The Kier molecular flexibility index (Phi) is 6.40. The zero-order valence-corrected chi connectivity index (χ0v) is 19.6. The summed E-state index contributed by atoms with van der Waals surface area (Å²) in [5, 5.41) is 0. The van der Waals surface area contributed by atoms with Crippen molar-refractivity contribution in [3.63, 3.8) is 0 Å². The smallest absolute Gasteiger partial charge is 0.222 e. The van der Waals surface area contributed by atoms with Crippen LogP contribution in [-0.2, 0) is 4.79 Å². The number of nitrogens with zero attached hydrogens (tertiary/aromatic N) is 2. The van der Waals surface area contributed by atoms with Crippen molar-refractivity contribution >= 4 is 5.91 Å². The lowest BCUT2D eigenvalue weighted by atomic mass is 9.49. The van der Waals surface area contributed by atoms with Crippen LogP contribution >= 0.6 is 0 Å². The van der Waals surface area contributed by atoms with Crippen LogP contribution < -0.4 is 0 Å². The standard InChI is InChI=1S/C28H42N2O/c1-2-3-4-11-30(12-9-28-17-21-13-22(18-28)15-23(14-21)19-28)27(31)8-7-24-16-26(24)25-6-5-10-29-20-25/h5-6,10,20-24,26H,2-4,7-9,11-19H2,1H3. The van der Waals surface area contributed by atoms with Crippen molar-refractivity contribution < 1.29 is 4.79 Å². The fraction of sp³-hybridized carbons (Fsp3) is 0.786. The number of rotatable bonds is 11. The maximum atomic E-state index is 13.2. The first-order valence-electron chi connectivity index (χ1n) is 13.3. The highest BCUT2D eigenvalue weighted by molar-refractivity contribution is 5.76. The van der Waals surface area contributed by atoms with Gasteiger partial charge in [-0.25, -0.2) is 0 Å². The predicted octanol–water partition coefficient (Wildman–Crippen LogP) is 6.59. The number of hydrogen-bond donors (Lipinski definition) is 0. The van der Waals surface area contributed by atoms with Crippen molar-refractivity contribution in [1.29, 1.82) is 0 Å². The number of amides is 1. The van der Waals surface area contributed by atoms with Gasteiger partial charge in [-0.3, -0.25) is 9.78 Å². The highest BCUT2D eigenvalue weighted by atomic mass is 16.2. The minimum absolute atomic E-state index is 0.428. The highest BCUT2D eigenvalue weighted by Crippen LogP contribution is 2.61. The summed E-state index contributed by atoms with van der Waals surface area (Å²) >= 11 is 0. The van der Waals surface area contributed by atoms with Gasteiger partial charge in [-0.1, -0.05) is 25.8 Å². The lowest BCUT2D eigenvalue weighted by Crippen LogP contribution is -2.47. The summed E-state index contributed by atoms with van der Waals surface area (Å²) in [5.41, 5.74) is 1.95. The van der Waals surface area contributed by atoms with Crippen molar-refractivity contribution in [3.8, 4) is 0 Å². The first kappa shape index (κ1) is 21.5. The third kappa shape index (κ3) is 5.01. The topological polar surface area (TPSA) is 33.2 Å². The molecule has 2 unspecified atom stereocenters. The summed E-state index contributed by atoms with van der Waals surface area (Å²) in [5.74, 6) is 4.79. The van der Waals surface area contributed by atoms with Gasteiger partial charge in [0, 0.05) is 31.9 Å². The monoisotopic (exact) mass is 422 g/mol. The van der Waals surface area contributed by atoms with Gasteiger partial charge in [0.25, 0.3) is 0 Å². The van der Waals surface area contributed by atoms with E-state index in [0.717, 1.165) is 43.7 Å². The predicted molar refractivity (Wildman–Crippen MR) is 126 cm³/mol. The fourth-order valence-electron chi connectivity index (χ4n) is 7.92. The van der Waals surface area contributed by atoms with Crippen LogP contribution in [0.4, 0.5) is 0 Å². The van der Waals surface area contributed by atoms with Crippen LogP contribution in [0.5, 0.6) is 0 Å². The minimum atomic E-state index is 0.428. The summed E-state index contributed by atoms with van der Waals surface area (Å²) in [6, 6.07) is 4.23. The number of carbonyl (C=O) groups is 1. The van der Waals surface area contributed by atoms with Crippen molar-refractivity contribution in [2.45, 2.75) is 96.3 Å². The Hall–Kier alpha value is -1.38. The molecule has 0 aromatic carbocycles. The van der Waals surface area contributed by atoms with Gasteiger partial charge in [0.15, 0.2) is 0 Å². The Bertz CT molecular complexity index is 709. The molecule has 0 N–H and O–H groups in total. The molecule has 0 aliphatic heterocycles. The van der Waals surface area contributed by atoms with Crippen LogP contribution in [0.1, 0.15) is 102 Å². The normalized spacial score (nSPS) is 35.3. The molecule has 5 aliphatic rings. The molecule has 3 heteroatoms. The highest BCUT2D eigenvalue weighted by Gasteiger charge is 2.50. The number of carbonyl (C=O) groups excluding carboxylic acids is 1. The van der Waals surface area contributed by atoms with Gasteiger partial charge < -0.3 is 4.90 Å². The van der Waals surface area contributed by atoms with Crippen LogP contribution in [0, 0.1) is 29.1 Å². The van der Waals surface area contributed by atoms with Gasteiger partial charge in [0.2, 0.25) is 5.91 Å². The molecule has 4 bridgehead atoms. The van der Waals surface area contributed by atoms with E-state index in [1.165, 1.54) is 76.2 Å². The fourth-order valence-corrected chi connectivity index (χ4v) is 7.92. The molecule has 0 saturated heterocycles. The molecule has 0 radical (unpaired) electrons. The van der Waals surface area contributed by atoms with Crippen molar-refractivity contribution in [2.24, 2.45) is 29.1 Å². The second-order valence-electron chi connectivity index (χ2n) is 11.7. The molecule has 1 heterocycles. The molecule has 170 valence electrons. The lowest BCUT2D eigenvalue weighted by Gasteiger charge is -2.57. The number of hydrogen-bond acceptors (Lipinski definition) is 2. The van der Waals surface area contributed by atoms with Gasteiger partial charge in [0.1, 0.15) is 0 Å². The molecule has 2 atom stereocenters. The molecular formula is C28H42N2O. The number of aromatic nitrogens is 1. The molecule has 3 nitrogen and oxygen atoms in total. The van der Waals surface area contributed by atoms with Crippen molar-refractivity contribution in [1.82, 2.24) is 9.88 Å². The number of unbranched alkanes of at least 4 members (excludes halogenated alkanes) is 2. The molecule has 1 aromatic rings. The van der Waals surface area contributed by atoms with Crippen LogP contribution in [0.15, 0.2) is 24.5 Å². The molecule has 1 amide bonds. The van der Waals surface area contributed by atoms with Crippen LogP contribution in [0.2, 0.25) is 0 Å². The van der Waals surface area contributed by atoms with Crippen molar-refractivity contribution in [3.05, 3.63) is 30.1 Å². The van der Waals surface area contributed by atoms with Crippen LogP contribution in [0.3, 0.4) is 0 Å². The Labute approximate surface area is 189 Å². The van der Waals surface area contributed by atoms with E-state index in [0.29, 0.717) is 23.2 Å². The first-order chi connectivity index (χ1) is 15.1. The molecule has 6 rings (SSSR count). The SMILES string of the molecule is CCCCCN(CCC12CC3CC(CC(C3)C1)C2)C(=O)CCC1CC1c1cccnc1. The van der Waals surface area contributed by atoms with Gasteiger partial charge in [0.05, 0.1) is 0 Å². The van der Waals surface area contributed by atoms with Gasteiger partial charge in [-0.2, -0.15) is 0 Å². The molecular weight excluding hydrogens is 380 g/mol. The minimum Gasteiger partial charge on any atom is -0.343 e. The zero-order valence-electron chi connectivity index (χ0n) is 19.6. The molecule has 5 saturated carbocycles. The van der Waals surface area contributed by atoms with E-state index in [4.69, 9.17) is 0 Å².